The lowest BCUT2D eigenvalue weighted by Crippen LogP contribution is -2.53. The Labute approximate surface area is 290 Å². The van der Waals surface area contributed by atoms with Crippen LogP contribution in [-0.2, 0) is 17.7 Å². The molecule has 49 heavy (non-hydrogen) atoms. The molecule has 6 nitrogen and oxygen atoms in total. The van der Waals surface area contributed by atoms with E-state index in [1.165, 1.54) is 5.57 Å². The number of ketones is 1. The molecule has 0 aromatic heterocycles. The highest BCUT2D eigenvalue weighted by Gasteiger charge is 2.57. The lowest BCUT2D eigenvalue weighted by molar-refractivity contribution is -0.0820. The molecule has 0 radical (unpaired) electrons. The van der Waals surface area contributed by atoms with Gasteiger partial charge in [-0.15, -0.1) is 0 Å². The number of amides is 1. The van der Waals surface area contributed by atoms with Crippen molar-refractivity contribution in [3.05, 3.63) is 130 Å². The molecule has 2 N–H and O–H groups in total. The molecule has 1 saturated carbocycles. The van der Waals surface area contributed by atoms with E-state index in [0.29, 0.717) is 49.8 Å². The maximum Gasteiger partial charge on any atom is 0.410 e. The van der Waals surface area contributed by atoms with Gasteiger partial charge < -0.3 is 19.8 Å². The molecule has 0 saturated heterocycles. The van der Waals surface area contributed by atoms with Crippen LogP contribution < -0.4 is 0 Å². The Morgan fingerprint density at radius 3 is 2.49 bits per heavy atom. The van der Waals surface area contributed by atoms with Crippen LogP contribution in [0.2, 0.25) is 0 Å². The summed E-state index contributed by atoms with van der Waals surface area (Å²) in [5, 5.41) is 26.0. The number of benzene rings is 4. The highest BCUT2D eigenvalue weighted by atomic mass is 16.6. The molecule has 4 aromatic carbocycles. The maximum atomic E-state index is 14.2. The molecule has 1 fully saturated rings. The van der Waals surface area contributed by atoms with Gasteiger partial charge in [-0.2, -0.15) is 0 Å². The summed E-state index contributed by atoms with van der Waals surface area (Å²) in [5.41, 5.74) is 3.36. The maximum absolute atomic E-state index is 14.2. The molecular weight excluding hydrogens is 610 g/mol. The second kappa shape index (κ2) is 14.7. The number of hydrogen-bond acceptors (Lipinski definition) is 5. The Balaban J connectivity index is 1.43. The lowest BCUT2D eigenvalue weighted by Gasteiger charge is -2.46. The molecule has 4 atom stereocenters. The third-order valence-corrected chi connectivity index (χ3v) is 11.2. The number of allylic oxidation sites excluding steroid dienone is 2. The van der Waals surface area contributed by atoms with E-state index in [9.17, 15) is 19.8 Å². The number of carbonyl (C=O) groups is 2. The Morgan fingerprint density at radius 1 is 0.939 bits per heavy atom. The Bertz CT molecular complexity index is 1830. The van der Waals surface area contributed by atoms with Gasteiger partial charge in [-0.3, -0.25) is 4.79 Å². The van der Waals surface area contributed by atoms with Gasteiger partial charge in [-0.1, -0.05) is 104 Å². The van der Waals surface area contributed by atoms with E-state index >= 15 is 0 Å². The van der Waals surface area contributed by atoms with E-state index in [4.69, 9.17) is 4.74 Å². The average molecular weight is 660 g/mol. The number of aliphatic hydroxyl groups is 2. The standard InChI is InChI=1S/C43H49NO5/c1-4-49-41(47)44(28-34-17-10-16-32-13-8-9-18-36(32)34)29-43(48)25-23-39-37-22-20-31(27-38(37)40(46)33-14-6-5-7-15-33)26-35(45)21-19-30(2)12-11-24-42(39,43)3/h5-10,12-18,20,22,27,35,39,45,48H,4,11,19,21,23-26,28-29H2,1-3H3/t35-,39-,42-,43+/m0/s1. The SMILES string of the molecule is CCOC(=O)N(Cc1cccc2ccccc12)C[C@]1(O)CC[C@H]2c3ccc(cc3C(=O)c3ccccc3)C[C@@H](O)CCC(C)=CCC[C@@]21C. The minimum Gasteiger partial charge on any atom is -0.450 e. The minimum absolute atomic E-state index is 0.0586. The third-order valence-electron chi connectivity index (χ3n) is 11.2. The predicted octanol–water partition coefficient (Wildman–Crippen LogP) is 8.77. The number of ether oxygens (including phenoxy) is 1. The number of aliphatic hydroxyl groups excluding tert-OH is 1. The fourth-order valence-corrected chi connectivity index (χ4v) is 8.29. The van der Waals surface area contributed by atoms with E-state index in [0.717, 1.165) is 40.3 Å². The molecule has 1 amide bonds. The molecule has 6 heteroatoms. The quantitative estimate of drug-likeness (QED) is 0.153. The summed E-state index contributed by atoms with van der Waals surface area (Å²) in [6, 6.07) is 29.6. The zero-order valence-electron chi connectivity index (χ0n) is 29.0. The summed E-state index contributed by atoms with van der Waals surface area (Å²) in [5.74, 6) is -0.200. The van der Waals surface area contributed by atoms with Crippen molar-refractivity contribution in [2.45, 2.75) is 89.9 Å². The lowest BCUT2D eigenvalue weighted by atomic mass is 9.64. The van der Waals surface area contributed by atoms with Crippen LogP contribution in [-0.4, -0.2) is 51.8 Å². The molecule has 0 aliphatic heterocycles. The van der Waals surface area contributed by atoms with Crippen LogP contribution in [0.25, 0.3) is 10.8 Å². The van der Waals surface area contributed by atoms with Crippen LogP contribution in [0.3, 0.4) is 0 Å². The van der Waals surface area contributed by atoms with Gasteiger partial charge in [0.2, 0.25) is 0 Å². The van der Waals surface area contributed by atoms with Crippen molar-refractivity contribution >= 4 is 22.6 Å². The second-order valence-corrected chi connectivity index (χ2v) is 14.3. The third kappa shape index (κ3) is 7.22. The largest absolute Gasteiger partial charge is 0.450 e. The summed E-state index contributed by atoms with van der Waals surface area (Å²) in [6.07, 6.45) is 5.71. The van der Waals surface area contributed by atoms with Crippen LogP contribution in [0, 0.1) is 5.41 Å². The molecule has 2 bridgehead atoms. The fourth-order valence-electron chi connectivity index (χ4n) is 8.29. The van der Waals surface area contributed by atoms with Gasteiger partial charge >= 0.3 is 6.09 Å². The van der Waals surface area contributed by atoms with Gasteiger partial charge in [-0.25, -0.2) is 4.79 Å². The molecule has 0 unspecified atom stereocenters. The number of nitrogens with zero attached hydrogens (tertiary/aromatic N) is 1. The van der Waals surface area contributed by atoms with E-state index in [-0.39, 0.29) is 24.9 Å². The number of hydrogen-bond donors (Lipinski definition) is 2. The molecule has 256 valence electrons. The number of carbonyl (C=O) groups excluding carboxylic acids is 2. The molecular formula is C43H49NO5. The highest BCUT2D eigenvalue weighted by molar-refractivity contribution is 6.10. The number of rotatable bonds is 7. The van der Waals surface area contributed by atoms with Gasteiger partial charge in [0, 0.05) is 23.1 Å². The van der Waals surface area contributed by atoms with E-state index in [1.54, 1.807) is 11.8 Å². The first kappa shape index (κ1) is 34.6. The normalized spacial score (nSPS) is 24.1. The van der Waals surface area contributed by atoms with Crippen LogP contribution in [0.4, 0.5) is 4.79 Å². The van der Waals surface area contributed by atoms with Crippen LogP contribution in [0.5, 0.6) is 0 Å². The van der Waals surface area contributed by atoms with Crippen molar-refractivity contribution in [1.29, 1.82) is 0 Å². The highest BCUT2D eigenvalue weighted by Crippen LogP contribution is 2.59. The first-order chi connectivity index (χ1) is 23.6. The van der Waals surface area contributed by atoms with E-state index in [2.05, 4.69) is 44.2 Å². The van der Waals surface area contributed by atoms with Gasteiger partial charge in [0.25, 0.3) is 0 Å². The molecule has 0 heterocycles. The van der Waals surface area contributed by atoms with E-state index < -0.39 is 23.2 Å². The second-order valence-electron chi connectivity index (χ2n) is 14.3. The summed E-state index contributed by atoms with van der Waals surface area (Å²) in [6.45, 7) is 6.70. The predicted molar refractivity (Wildman–Crippen MR) is 195 cm³/mol. The summed E-state index contributed by atoms with van der Waals surface area (Å²) >= 11 is 0. The molecule has 0 spiro atoms. The Morgan fingerprint density at radius 2 is 1.69 bits per heavy atom. The minimum atomic E-state index is -1.25. The van der Waals surface area contributed by atoms with Crippen LogP contribution in [0.1, 0.15) is 97.8 Å². The van der Waals surface area contributed by atoms with Gasteiger partial charge in [-0.05, 0) is 98.2 Å². The molecule has 7 rings (SSSR count). The first-order valence-electron chi connectivity index (χ1n) is 17.8. The van der Waals surface area contributed by atoms with Gasteiger partial charge in [0.1, 0.15) is 0 Å². The topological polar surface area (TPSA) is 87.1 Å². The van der Waals surface area contributed by atoms with Crippen LogP contribution >= 0.6 is 0 Å². The molecule has 4 aromatic rings. The van der Waals surface area contributed by atoms with Crippen molar-refractivity contribution in [2.75, 3.05) is 13.2 Å². The number of fused-ring (bicyclic) bond motifs is 9. The zero-order chi connectivity index (χ0) is 34.6. The van der Waals surface area contributed by atoms with Crippen molar-refractivity contribution in [1.82, 2.24) is 4.90 Å². The average Bonchev–Trinajstić information content (AvgIpc) is 3.36. The fraction of sp³-hybridized carbons (Fsp3) is 0.395. The van der Waals surface area contributed by atoms with E-state index in [1.807, 2.05) is 66.7 Å². The smallest absolute Gasteiger partial charge is 0.410 e. The molecule has 3 aliphatic rings. The Hall–Kier alpha value is -4.26. The zero-order valence-corrected chi connectivity index (χ0v) is 29.0. The molecule has 3 aliphatic carbocycles. The van der Waals surface area contributed by atoms with Crippen LogP contribution in [0.15, 0.2) is 103 Å². The van der Waals surface area contributed by atoms with Crippen molar-refractivity contribution in [3.63, 3.8) is 0 Å². The van der Waals surface area contributed by atoms with Crippen molar-refractivity contribution < 1.29 is 24.5 Å². The first-order valence-corrected chi connectivity index (χ1v) is 17.8. The Kier molecular flexibility index (Phi) is 10.4. The van der Waals surface area contributed by atoms with Crippen molar-refractivity contribution in [2.24, 2.45) is 5.41 Å². The van der Waals surface area contributed by atoms with Gasteiger partial charge in [0.15, 0.2) is 5.78 Å². The monoisotopic (exact) mass is 659 g/mol. The summed E-state index contributed by atoms with van der Waals surface area (Å²) < 4.78 is 5.59. The van der Waals surface area contributed by atoms with Crippen molar-refractivity contribution in [3.8, 4) is 0 Å². The summed E-state index contributed by atoms with van der Waals surface area (Å²) in [7, 11) is 0. The summed E-state index contributed by atoms with van der Waals surface area (Å²) in [4.78, 5) is 29.5. The van der Waals surface area contributed by atoms with Gasteiger partial charge in [0.05, 0.1) is 24.9 Å².